The zero-order chi connectivity index (χ0) is 10.4. The minimum atomic E-state index is 1.000. The van der Waals surface area contributed by atoms with Gasteiger partial charge in [-0.2, -0.15) is 0 Å². The van der Waals surface area contributed by atoms with Crippen molar-refractivity contribution in [3.8, 4) is 12.8 Å². The van der Waals surface area contributed by atoms with Gasteiger partial charge in [-0.1, -0.05) is 60.3 Å². The van der Waals surface area contributed by atoms with Crippen molar-refractivity contribution in [1.82, 2.24) is 0 Å². The monoisotopic (exact) mass is 170 g/mol. The van der Waals surface area contributed by atoms with Crippen LogP contribution >= 0.6 is 0 Å². The maximum atomic E-state index is 4.00. The molecular weight excluding hydrogens is 144 g/mol. The van der Waals surface area contributed by atoms with Gasteiger partial charge in [0.2, 0.25) is 0 Å². The van der Waals surface area contributed by atoms with E-state index < -0.39 is 0 Å². The van der Waals surface area contributed by atoms with Gasteiger partial charge < -0.3 is 0 Å². The van der Waals surface area contributed by atoms with Crippen molar-refractivity contribution in [1.29, 1.82) is 0 Å². The van der Waals surface area contributed by atoms with Gasteiger partial charge in [-0.15, -0.1) is 12.8 Å². The molecule has 0 rings (SSSR count). The highest BCUT2D eigenvalue weighted by Gasteiger charge is 1.98. The maximum absolute atomic E-state index is 4.00. The van der Waals surface area contributed by atoms with Crippen LogP contribution in [0.4, 0.5) is 0 Å². The van der Waals surface area contributed by atoms with Gasteiger partial charge in [0.1, 0.15) is 0 Å². The van der Waals surface area contributed by atoms with Gasteiger partial charge in [-0.3, -0.25) is 0 Å². The Morgan fingerprint density at radius 1 is 0.917 bits per heavy atom. The molecule has 74 valence electrons. The van der Waals surface area contributed by atoms with Gasteiger partial charge in [0.05, 0.1) is 0 Å². The fourth-order valence-electron chi connectivity index (χ4n) is 1.11. The molecule has 0 spiro atoms. The largest absolute Gasteiger partial charge is 0.124 e. The van der Waals surface area contributed by atoms with Gasteiger partial charge in [0, 0.05) is 0 Å². The molecule has 0 amide bonds. The zero-order valence-electron chi connectivity index (χ0n) is 9.56. The average molecular weight is 170 g/mol. The fraction of sp³-hybridized carbons (Fsp3) is 0.833. The summed E-state index contributed by atoms with van der Waals surface area (Å²) in [5.41, 5.74) is 0. The summed E-state index contributed by atoms with van der Waals surface area (Å²) in [6, 6.07) is 0. The third kappa shape index (κ3) is 16.3. The molecule has 0 fully saturated rings. The van der Waals surface area contributed by atoms with E-state index in [-0.39, 0.29) is 0 Å². The number of terminal acetylenes is 1. The molecule has 0 radical (unpaired) electrons. The second kappa shape index (κ2) is 22.4. The lowest BCUT2D eigenvalue weighted by molar-refractivity contribution is 0.451. The molecule has 0 N–H and O–H groups in total. The fourth-order valence-corrected chi connectivity index (χ4v) is 1.11. The third-order valence-corrected chi connectivity index (χ3v) is 1.85. The summed E-state index contributed by atoms with van der Waals surface area (Å²) in [6.45, 7) is 10.8. The highest BCUT2D eigenvalue weighted by atomic mass is 14.0. The summed E-state index contributed by atoms with van der Waals surface area (Å²) < 4.78 is 0. The Hall–Kier alpha value is -0.440. The van der Waals surface area contributed by atoms with Gasteiger partial charge in [0.15, 0.2) is 0 Å². The Kier molecular flexibility index (Phi) is 32.9. The minimum absolute atomic E-state index is 1.000. The van der Waals surface area contributed by atoms with Crippen LogP contribution in [0.5, 0.6) is 0 Å². The second-order valence-electron chi connectivity index (χ2n) is 2.47. The molecule has 0 heteroatoms. The van der Waals surface area contributed by atoms with Crippen LogP contribution in [0.2, 0.25) is 0 Å². The average Bonchev–Trinajstić information content (AvgIpc) is 2.20. The predicted octanol–water partition coefficient (Wildman–Crippen LogP) is 4.50. The molecule has 0 aliphatic carbocycles. The molecule has 0 aliphatic rings. The van der Waals surface area contributed by atoms with E-state index in [4.69, 9.17) is 0 Å². The van der Waals surface area contributed by atoms with Gasteiger partial charge in [-0.25, -0.2) is 0 Å². The van der Waals surface area contributed by atoms with Crippen molar-refractivity contribution >= 4 is 0 Å². The molecule has 0 unspecified atom stereocenters. The van der Waals surface area contributed by atoms with Gasteiger partial charge in [0.25, 0.3) is 0 Å². The first-order chi connectivity index (χ1) is 5.85. The maximum Gasteiger partial charge on any atom is -0.0420 e. The molecule has 0 aliphatic heterocycles. The van der Waals surface area contributed by atoms with Crippen molar-refractivity contribution in [2.75, 3.05) is 0 Å². The van der Waals surface area contributed by atoms with E-state index in [2.05, 4.69) is 33.6 Å². The third-order valence-electron chi connectivity index (χ3n) is 1.85. The summed E-state index contributed by atoms with van der Waals surface area (Å²) in [5, 5.41) is 0. The lowest BCUT2D eigenvalue weighted by Crippen LogP contribution is -1.94. The van der Waals surface area contributed by atoms with E-state index in [0.717, 1.165) is 5.92 Å². The van der Waals surface area contributed by atoms with Crippen molar-refractivity contribution in [3.63, 3.8) is 0 Å². The zero-order valence-corrected chi connectivity index (χ0v) is 9.56. The summed E-state index contributed by atoms with van der Waals surface area (Å²) in [6.07, 6.45) is 13.5. The number of hydrogen-bond acceptors (Lipinski definition) is 0. The Bertz CT molecular complexity index is 57.7. The van der Waals surface area contributed by atoms with E-state index in [0.29, 0.717) is 0 Å². The molecule has 0 aromatic rings. The molecule has 0 heterocycles. The first-order valence-corrected chi connectivity index (χ1v) is 5.18. The summed E-state index contributed by atoms with van der Waals surface area (Å²) >= 11 is 0. The van der Waals surface area contributed by atoms with Crippen LogP contribution in [-0.4, -0.2) is 0 Å². The number of hydrogen-bond donors (Lipinski definition) is 0. The van der Waals surface area contributed by atoms with E-state index in [1.54, 1.807) is 0 Å². The summed E-state index contributed by atoms with van der Waals surface area (Å²) in [5.74, 6) is 1.000. The SMILES string of the molecule is C#C.CC.CCCC(CC)CC. The van der Waals surface area contributed by atoms with E-state index in [1.165, 1.54) is 25.7 Å². The van der Waals surface area contributed by atoms with Gasteiger partial charge in [-0.05, 0) is 5.92 Å². The second-order valence-corrected chi connectivity index (χ2v) is 2.47. The molecule has 0 aromatic carbocycles. The summed E-state index contributed by atoms with van der Waals surface area (Å²) in [4.78, 5) is 0. The van der Waals surface area contributed by atoms with Crippen molar-refractivity contribution in [3.05, 3.63) is 0 Å². The quantitative estimate of drug-likeness (QED) is 0.545. The van der Waals surface area contributed by atoms with Crippen LogP contribution in [0.25, 0.3) is 0 Å². The van der Waals surface area contributed by atoms with E-state index in [1.807, 2.05) is 13.8 Å². The Morgan fingerprint density at radius 2 is 1.25 bits per heavy atom. The highest BCUT2D eigenvalue weighted by Crippen LogP contribution is 2.13. The molecule has 0 nitrogen and oxygen atoms in total. The Morgan fingerprint density at radius 3 is 1.33 bits per heavy atom. The Balaban J connectivity index is -0.000000175. The first-order valence-electron chi connectivity index (χ1n) is 5.18. The van der Waals surface area contributed by atoms with Crippen LogP contribution in [0.15, 0.2) is 0 Å². The van der Waals surface area contributed by atoms with Gasteiger partial charge >= 0.3 is 0 Å². The van der Waals surface area contributed by atoms with Crippen LogP contribution in [0.3, 0.4) is 0 Å². The predicted molar refractivity (Wildman–Crippen MR) is 60.2 cm³/mol. The number of rotatable bonds is 4. The smallest absolute Gasteiger partial charge is 0.0420 e. The minimum Gasteiger partial charge on any atom is -0.124 e. The molecular formula is C12H26. The van der Waals surface area contributed by atoms with Crippen molar-refractivity contribution in [2.24, 2.45) is 5.92 Å². The summed E-state index contributed by atoms with van der Waals surface area (Å²) in [7, 11) is 0. The van der Waals surface area contributed by atoms with Crippen LogP contribution in [0.1, 0.15) is 60.3 Å². The lowest BCUT2D eigenvalue weighted by Gasteiger charge is -2.08. The molecule has 0 saturated carbocycles. The van der Waals surface area contributed by atoms with Crippen LogP contribution in [0, 0.1) is 18.8 Å². The normalized spacial score (nSPS) is 7.67. The molecule has 0 saturated heterocycles. The molecule has 0 bridgehead atoms. The van der Waals surface area contributed by atoms with Crippen LogP contribution in [-0.2, 0) is 0 Å². The van der Waals surface area contributed by atoms with Crippen molar-refractivity contribution < 1.29 is 0 Å². The Labute approximate surface area is 79.8 Å². The highest BCUT2D eigenvalue weighted by molar-refractivity contribution is 4.51. The molecule has 0 aromatic heterocycles. The lowest BCUT2D eigenvalue weighted by atomic mass is 9.98. The van der Waals surface area contributed by atoms with Crippen LogP contribution < -0.4 is 0 Å². The van der Waals surface area contributed by atoms with E-state index in [9.17, 15) is 0 Å². The van der Waals surface area contributed by atoms with Crippen molar-refractivity contribution in [2.45, 2.75) is 60.3 Å². The topological polar surface area (TPSA) is 0 Å². The van der Waals surface area contributed by atoms with E-state index >= 15 is 0 Å². The molecule has 0 atom stereocenters. The molecule has 12 heavy (non-hydrogen) atoms. The first kappa shape index (κ1) is 17.6. The standard InChI is InChI=1S/C8H18.C2H6.C2H2/c1-4-7-8(5-2)6-3;2*1-2/h8H,4-7H2,1-3H3;1-2H3;1-2H.